The SMILES string of the molecule is Cc1nn(C)c(CN2C(=O)CNC(=O)C2(C)C2CC2)c1Cl. The van der Waals surface area contributed by atoms with Crippen LogP contribution in [0.15, 0.2) is 0 Å². The van der Waals surface area contributed by atoms with Gasteiger partial charge in [0.1, 0.15) is 5.54 Å². The third kappa shape index (κ3) is 2.12. The van der Waals surface area contributed by atoms with Gasteiger partial charge >= 0.3 is 0 Å². The van der Waals surface area contributed by atoms with Crippen LogP contribution in [0.4, 0.5) is 0 Å². The van der Waals surface area contributed by atoms with Crippen molar-refractivity contribution in [1.82, 2.24) is 20.0 Å². The van der Waals surface area contributed by atoms with E-state index in [0.29, 0.717) is 11.6 Å². The van der Waals surface area contributed by atoms with E-state index in [0.717, 1.165) is 24.2 Å². The normalized spacial score (nSPS) is 26.2. The van der Waals surface area contributed by atoms with Crippen LogP contribution in [0, 0.1) is 12.8 Å². The van der Waals surface area contributed by atoms with Crippen molar-refractivity contribution in [2.45, 2.75) is 38.8 Å². The molecule has 2 heterocycles. The second-order valence-corrected chi connectivity index (χ2v) is 6.43. The van der Waals surface area contributed by atoms with Gasteiger partial charge in [0.05, 0.1) is 29.5 Å². The molecule has 3 rings (SSSR count). The summed E-state index contributed by atoms with van der Waals surface area (Å²) >= 11 is 6.28. The molecule has 1 aromatic heterocycles. The highest BCUT2D eigenvalue weighted by Crippen LogP contribution is 2.45. The lowest BCUT2D eigenvalue weighted by molar-refractivity contribution is -0.155. The lowest BCUT2D eigenvalue weighted by atomic mass is 9.89. The van der Waals surface area contributed by atoms with Gasteiger partial charge in [-0.3, -0.25) is 14.3 Å². The van der Waals surface area contributed by atoms with Crippen molar-refractivity contribution in [3.63, 3.8) is 0 Å². The van der Waals surface area contributed by atoms with Gasteiger partial charge in [0.2, 0.25) is 11.8 Å². The number of rotatable bonds is 3. The minimum atomic E-state index is -0.781. The first-order valence-electron chi connectivity index (χ1n) is 7.12. The number of aromatic nitrogens is 2. The monoisotopic (exact) mass is 310 g/mol. The molecule has 0 radical (unpaired) electrons. The summed E-state index contributed by atoms with van der Waals surface area (Å²) in [6, 6.07) is 0. The van der Waals surface area contributed by atoms with E-state index in [1.807, 2.05) is 13.8 Å². The van der Waals surface area contributed by atoms with Crippen LogP contribution in [-0.4, -0.2) is 38.6 Å². The molecule has 114 valence electrons. The number of carbonyl (C=O) groups is 2. The van der Waals surface area contributed by atoms with E-state index in [4.69, 9.17) is 11.6 Å². The zero-order valence-corrected chi connectivity index (χ0v) is 13.2. The Kier molecular flexibility index (Phi) is 3.24. The maximum Gasteiger partial charge on any atom is 0.246 e. The fourth-order valence-corrected chi connectivity index (χ4v) is 3.34. The van der Waals surface area contributed by atoms with Gasteiger partial charge in [-0.2, -0.15) is 5.10 Å². The van der Waals surface area contributed by atoms with Gasteiger partial charge < -0.3 is 10.2 Å². The van der Waals surface area contributed by atoms with Crippen molar-refractivity contribution in [1.29, 1.82) is 0 Å². The molecule has 1 saturated heterocycles. The van der Waals surface area contributed by atoms with E-state index in [9.17, 15) is 9.59 Å². The van der Waals surface area contributed by atoms with Crippen LogP contribution in [0.25, 0.3) is 0 Å². The first-order chi connectivity index (χ1) is 9.85. The quantitative estimate of drug-likeness (QED) is 0.906. The minimum Gasteiger partial charge on any atom is -0.345 e. The van der Waals surface area contributed by atoms with Crippen LogP contribution in [0.3, 0.4) is 0 Å². The van der Waals surface area contributed by atoms with Crippen LogP contribution >= 0.6 is 11.6 Å². The molecule has 21 heavy (non-hydrogen) atoms. The fourth-order valence-electron chi connectivity index (χ4n) is 3.12. The van der Waals surface area contributed by atoms with E-state index in [2.05, 4.69) is 10.4 Å². The van der Waals surface area contributed by atoms with Crippen LogP contribution < -0.4 is 5.32 Å². The van der Waals surface area contributed by atoms with E-state index in [1.54, 1.807) is 16.6 Å². The lowest BCUT2D eigenvalue weighted by Gasteiger charge is -2.43. The Morgan fingerprint density at radius 3 is 2.62 bits per heavy atom. The number of hydrogen-bond donors (Lipinski definition) is 1. The van der Waals surface area contributed by atoms with Crippen molar-refractivity contribution in [3.8, 4) is 0 Å². The van der Waals surface area contributed by atoms with Gasteiger partial charge in [0, 0.05) is 7.05 Å². The molecule has 1 saturated carbocycles. The maximum atomic E-state index is 12.4. The molecule has 1 aromatic rings. The van der Waals surface area contributed by atoms with Crippen molar-refractivity contribution >= 4 is 23.4 Å². The van der Waals surface area contributed by atoms with E-state index < -0.39 is 5.54 Å². The number of nitrogens with one attached hydrogen (secondary N) is 1. The van der Waals surface area contributed by atoms with Crippen LogP contribution in [0.1, 0.15) is 31.2 Å². The molecule has 2 fully saturated rings. The summed E-state index contributed by atoms with van der Waals surface area (Å²) in [5, 5.41) is 7.55. The maximum absolute atomic E-state index is 12.4. The summed E-state index contributed by atoms with van der Waals surface area (Å²) in [7, 11) is 1.80. The highest BCUT2D eigenvalue weighted by molar-refractivity contribution is 6.31. The second kappa shape index (κ2) is 4.73. The summed E-state index contributed by atoms with van der Waals surface area (Å²) in [5.41, 5.74) is 0.719. The average Bonchev–Trinajstić information content (AvgIpc) is 3.24. The Morgan fingerprint density at radius 1 is 1.43 bits per heavy atom. The van der Waals surface area contributed by atoms with E-state index in [-0.39, 0.29) is 24.3 Å². The predicted octanol–water partition coefficient (Wildman–Crippen LogP) is 1.01. The van der Waals surface area contributed by atoms with Crippen molar-refractivity contribution < 1.29 is 9.59 Å². The number of nitrogens with zero attached hydrogens (tertiary/aromatic N) is 3. The van der Waals surface area contributed by atoms with Crippen molar-refractivity contribution in [2.24, 2.45) is 13.0 Å². The molecule has 1 aliphatic carbocycles. The third-order valence-corrected chi connectivity index (χ3v) is 5.16. The van der Waals surface area contributed by atoms with Crippen LogP contribution in [-0.2, 0) is 23.2 Å². The molecular weight excluding hydrogens is 292 g/mol. The Hall–Kier alpha value is -1.56. The smallest absolute Gasteiger partial charge is 0.246 e. The molecule has 1 unspecified atom stereocenters. The number of aryl methyl sites for hydroxylation is 2. The van der Waals surface area contributed by atoms with Gasteiger partial charge in [-0.1, -0.05) is 11.6 Å². The molecule has 2 amide bonds. The topological polar surface area (TPSA) is 67.2 Å². The molecule has 7 heteroatoms. The molecule has 1 N–H and O–H groups in total. The minimum absolute atomic E-state index is 0.0512. The van der Waals surface area contributed by atoms with Gasteiger partial charge in [-0.15, -0.1) is 0 Å². The molecule has 1 atom stereocenters. The number of hydrogen-bond acceptors (Lipinski definition) is 3. The van der Waals surface area contributed by atoms with Crippen molar-refractivity contribution in [2.75, 3.05) is 6.54 Å². The molecule has 2 aliphatic rings. The third-order valence-electron chi connectivity index (χ3n) is 4.66. The van der Waals surface area contributed by atoms with Crippen LogP contribution in [0.2, 0.25) is 5.02 Å². The Labute approximate surface area is 128 Å². The zero-order chi connectivity index (χ0) is 15.4. The highest BCUT2D eigenvalue weighted by atomic mass is 35.5. The summed E-state index contributed by atoms with van der Waals surface area (Å²) in [6.07, 6.45) is 1.96. The summed E-state index contributed by atoms with van der Waals surface area (Å²) in [6.45, 7) is 4.05. The van der Waals surface area contributed by atoms with Crippen molar-refractivity contribution in [3.05, 3.63) is 16.4 Å². The molecule has 0 spiro atoms. The van der Waals surface area contributed by atoms with Gasteiger partial charge in [-0.25, -0.2) is 0 Å². The molecule has 0 aromatic carbocycles. The van der Waals surface area contributed by atoms with Gasteiger partial charge in [0.15, 0.2) is 0 Å². The number of amides is 2. The summed E-state index contributed by atoms with van der Waals surface area (Å²) in [5.74, 6) is 0.0911. The highest BCUT2D eigenvalue weighted by Gasteiger charge is 2.55. The molecule has 1 aliphatic heterocycles. The van der Waals surface area contributed by atoms with Crippen LogP contribution in [0.5, 0.6) is 0 Å². The Morgan fingerprint density at radius 2 is 2.10 bits per heavy atom. The number of piperazine rings is 1. The second-order valence-electron chi connectivity index (χ2n) is 6.05. The Balaban J connectivity index is 1.97. The summed E-state index contributed by atoms with van der Waals surface area (Å²) in [4.78, 5) is 26.4. The van der Waals surface area contributed by atoms with E-state index in [1.165, 1.54) is 0 Å². The standard InChI is InChI=1S/C14H19ClN4O2/c1-8-12(15)10(18(3)17-8)7-19-11(20)6-16-13(21)14(19,2)9-4-5-9/h9H,4-7H2,1-3H3,(H,16,21). The number of halogens is 1. The first kappa shape index (κ1) is 14.4. The molecule has 6 nitrogen and oxygen atoms in total. The molecule has 0 bridgehead atoms. The predicted molar refractivity (Wildman–Crippen MR) is 77.6 cm³/mol. The zero-order valence-electron chi connectivity index (χ0n) is 12.4. The lowest BCUT2D eigenvalue weighted by Crippen LogP contribution is -2.66. The largest absolute Gasteiger partial charge is 0.345 e. The van der Waals surface area contributed by atoms with E-state index >= 15 is 0 Å². The molecular formula is C14H19ClN4O2. The average molecular weight is 311 g/mol. The summed E-state index contributed by atoms with van der Waals surface area (Å²) < 4.78 is 1.69. The van der Waals surface area contributed by atoms with Gasteiger partial charge in [0.25, 0.3) is 0 Å². The first-order valence-corrected chi connectivity index (χ1v) is 7.50. The Bertz CT molecular complexity index is 623. The number of carbonyl (C=O) groups excluding carboxylic acids is 2. The van der Waals surface area contributed by atoms with Gasteiger partial charge in [-0.05, 0) is 32.6 Å². The fraction of sp³-hybridized carbons (Fsp3) is 0.643.